The van der Waals surface area contributed by atoms with Crippen molar-refractivity contribution in [3.05, 3.63) is 30.3 Å². The summed E-state index contributed by atoms with van der Waals surface area (Å²) in [7, 11) is 0. The average molecular weight is 632 g/mol. The molecule has 0 aliphatic heterocycles. The molecule has 0 nitrogen and oxygen atoms in total. The molecule has 0 amide bonds. The summed E-state index contributed by atoms with van der Waals surface area (Å²) in [6.45, 7) is 0. The molecule has 0 heterocycles. The lowest BCUT2D eigenvalue weighted by Crippen LogP contribution is -2.61. The van der Waals surface area contributed by atoms with Crippen LogP contribution in [0.3, 0.4) is 0 Å². The Hall–Kier alpha value is 0.335. The number of hydrogen-bond acceptors (Lipinski definition) is 3. The van der Waals surface area contributed by atoms with E-state index in [1.807, 2.05) is 0 Å². The van der Waals surface area contributed by atoms with Crippen LogP contribution in [0.25, 0.3) is 0 Å². The molecule has 234 valence electrons. The lowest BCUT2D eigenvalue weighted by Gasteiger charge is -2.60. The molecule has 12 saturated carbocycles. The van der Waals surface area contributed by atoms with Crippen LogP contribution in [0.4, 0.5) is 0 Å². The summed E-state index contributed by atoms with van der Waals surface area (Å²) in [6.07, 6.45) is 27.7. The summed E-state index contributed by atoms with van der Waals surface area (Å²) in [5, 5.41) is 0. The fraction of sp³-hybridized carbons (Fsp3) is 0.846. The second-order valence-electron chi connectivity index (χ2n) is 19.1. The topological polar surface area (TPSA) is 0 Å². The van der Waals surface area contributed by atoms with E-state index in [9.17, 15) is 0 Å². The van der Waals surface area contributed by atoms with Gasteiger partial charge in [-0.05, 0) is 169 Å². The van der Waals surface area contributed by atoms with Crippen LogP contribution in [0, 0.1) is 53.3 Å². The third kappa shape index (κ3) is 5.09. The molecule has 0 radical (unpaired) electrons. The maximum atomic E-state index is 2.61. The van der Waals surface area contributed by atoms with E-state index in [0.29, 0.717) is 14.2 Å². The molecule has 13 rings (SSSR count). The van der Waals surface area contributed by atoms with E-state index in [4.69, 9.17) is 0 Å². The number of hydrogen-bond donors (Lipinski definition) is 0. The van der Waals surface area contributed by atoms with Crippen LogP contribution in [-0.4, -0.2) is 37.3 Å². The van der Waals surface area contributed by atoms with Crippen LogP contribution < -0.4 is 5.46 Å². The second-order valence-corrected chi connectivity index (χ2v) is 23.6. The van der Waals surface area contributed by atoms with Gasteiger partial charge in [0.1, 0.15) is 0 Å². The maximum absolute atomic E-state index is 2.61. The average Bonchev–Trinajstić information content (AvgIpc) is 2.95. The Labute approximate surface area is 275 Å². The molecule has 0 spiro atoms. The standard InChI is InChI=1S/C39H56BS3/c1-2-4-36(5-3-1)40(24-41-37-15-27-6-28(16-37)8-29(7-27)17-37,25-42-38-18-30-9-31(19-38)11-32(10-30)20-38)26-43-39-21-33-12-34(22-39)14-35(13-33)23-39/h1-5,27-35H,6-26H2/q-1. The minimum absolute atomic E-state index is 0.609. The van der Waals surface area contributed by atoms with Gasteiger partial charge < -0.3 is 0 Å². The SMILES string of the molecule is c1ccc([B-](CSC23CC4CC(CC(C4)C2)C3)(CSC23CC4CC(CC(C4)C2)C3)CSC23CC4CC(CC(C4)C2)C3)cc1. The first-order chi connectivity index (χ1) is 20.9. The molecule has 4 heteroatoms. The van der Waals surface area contributed by atoms with Crippen LogP contribution >= 0.6 is 35.3 Å². The van der Waals surface area contributed by atoms with Crippen LogP contribution in [0.15, 0.2) is 30.3 Å². The van der Waals surface area contributed by atoms with Crippen molar-refractivity contribution in [1.29, 1.82) is 0 Å². The van der Waals surface area contributed by atoms with E-state index < -0.39 is 6.15 Å². The fourth-order valence-electron chi connectivity index (χ4n) is 14.9. The zero-order valence-corrected chi connectivity index (χ0v) is 29.2. The van der Waals surface area contributed by atoms with Gasteiger partial charge in [0, 0.05) is 14.2 Å². The zero-order chi connectivity index (χ0) is 28.3. The van der Waals surface area contributed by atoms with Gasteiger partial charge in [0.05, 0.1) is 6.15 Å². The van der Waals surface area contributed by atoms with Crippen molar-refractivity contribution in [3.63, 3.8) is 0 Å². The van der Waals surface area contributed by atoms with E-state index in [-0.39, 0.29) is 0 Å². The van der Waals surface area contributed by atoms with Gasteiger partial charge in [-0.25, -0.2) is 5.46 Å². The first-order valence-electron chi connectivity index (χ1n) is 19.1. The molecular formula is C39H56BS3-. The van der Waals surface area contributed by atoms with Crippen molar-refractivity contribution < 1.29 is 0 Å². The first-order valence-corrected chi connectivity index (χ1v) is 22.1. The Bertz CT molecular complexity index is 985. The highest BCUT2D eigenvalue weighted by molar-refractivity contribution is 8.07. The molecule has 12 aliphatic rings. The van der Waals surface area contributed by atoms with Crippen molar-refractivity contribution >= 4 is 46.9 Å². The van der Waals surface area contributed by atoms with Gasteiger partial charge in [0.15, 0.2) is 0 Å². The molecule has 1 aromatic carbocycles. The molecule has 12 aliphatic carbocycles. The Balaban J connectivity index is 0.969. The zero-order valence-electron chi connectivity index (χ0n) is 26.7. The smallest absolute Gasteiger partial charge is 0.0581 e. The predicted octanol–water partition coefficient (Wildman–Crippen LogP) is 10.1. The minimum Gasteiger partial charge on any atom is -0.207 e. The van der Waals surface area contributed by atoms with E-state index in [1.54, 1.807) is 121 Å². The molecule has 43 heavy (non-hydrogen) atoms. The summed E-state index contributed by atoms with van der Waals surface area (Å²) in [5.41, 5.74) is 6.13. The molecule has 12 bridgehead atoms. The minimum atomic E-state index is -0.609. The Morgan fingerprint density at radius 1 is 0.419 bits per heavy atom. The second kappa shape index (κ2) is 10.4. The van der Waals surface area contributed by atoms with E-state index in [2.05, 4.69) is 65.6 Å². The van der Waals surface area contributed by atoms with Crippen molar-refractivity contribution in [2.45, 2.75) is 130 Å². The van der Waals surface area contributed by atoms with Crippen molar-refractivity contribution in [2.75, 3.05) is 17.0 Å². The Morgan fingerprint density at radius 3 is 0.930 bits per heavy atom. The number of rotatable bonds is 10. The quantitative estimate of drug-likeness (QED) is 0.236. The lowest BCUT2D eigenvalue weighted by atomic mass is 9.26. The van der Waals surface area contributed by atoms with Crippen LogP contribution in [0.1, 0.15) is 116 Å². The van der Waals surface area contributed by atoms with Crippen LogP contribution in [0.2, 0.25) is 0 Å². The molecule has 0 aromatic heterocycles. The molecular weight excluding hydrogens is 575 g/mol. The third-order valence-electron chi connectivity index (χ3n) is 15.6. The van der Waals surface area contributed by atoms with Gasteiger partial charge >= 0.3 is 0 Å². The Kier molecular flexibility index (Phi) is 6.87. The number of thioether (sulfide) groups is 3. The van der Waals surface area contributed by atoms with Gasteiger partial charge in [-0.1, -0.05) is 30.3 Å². The molecule has 12 fully saturated rings. The molecule has 0 saturated heterocycles. The first kappa shape index (κ1) is 28.4. The fourth-order valence-corrected chi connectivity index (χ4v) is 21.9. The highest BCUT2D eigenvalue weighted by Gasteiger charge is 2.55. The van der Waals surface area contributed by atoms with Crippen LogP contribution in [-0.2, 0) is 0 Å². The summed E-state index contributed by atoms with van der Waals surface area (Å²) in [4.78, 5) is 0. The Morgan fingerprint density at radius 2 is 0.674 bits per heavy atom. The van der Waals surface area contributed by atoms with Gasteiger partial charge in [-0.2, -0.15) is 35.3 Å². The molecule has 0 N–H and O–H groups in total. The highest BCUT2D eigenvalue weighted by atomic mass is 32.2. The summed E-state index contributed by atoms with van der Waals surface area (Å²) < 4.78 is 1.90. The largest absolute Gasteiger partial charge is 0.207 e. The summed E-state index contributed by atoms with van der Waals surface area (Å²) >= 11 is 7.71. The summed E-state index contributed by atoms with van der Waals surface area (Å²) in [6, 6.07) is 12.3. The number of benzene rings is 1. The molecule has 0 unspecified atom stereocenters. The van der Waals surface area contributed by atoms with E-state index >= 15 is 0 Å². The third-order valence-corrected chi connectivity index (χ3v) is 21.3. The van der Waals surface area contributed by atoms with Gasteiger partial charge in [-0.3, -0.25) is 0 Å². The van der Waals surface area contributed by atoms with E-state index in [0.717, 1.165) is 53.3 Å². The maximum Gasteiger partial charge on any atom is 0.0581 e. The van der Waals surface area contributed by atoms with E-state index in [1.165, 1.54) is 17.0 Å². The monoisotopic (exact) mass is 631 g/mol. The van der Waals surface area contributed by atoms with Crippen molar-refractivity contribution in [1.82, 2.24) is 0 Å². The van der Waals surface area contributed by atoms with Crippen LogP contribution in [0.5, 0.6) is 0 Å². The van der Waals surface area contributed by atoms with Gasteiger partial charge in [-0.15, -0.1) is 17.0 Å². The predicted molar refractivity (Wildman–Crippen MR) is 192 cm³/mol. The van der Waals surface area contributed by atoms with Gasteiger partial charge in [0.25, 0.3) is 0 Å². The van der Waals surface area contributed by atoms with Crippen molar-refractivity contribution in [2.24, 2.45) is 53.3 Å². The highest BCUT2D eigenvalue weighted by Crippen LogP contribution is 2.64. The molecule has 1 aromatic rings. The normalized spacial score (nSPS) is 51.3. The lowest BCUT2D eigenvalue weighted by molar-refractivity contribution is 0.0384. The van der Waals surface area contributed by atoms with Crippen molar-refractivity contribution in [3.8, 4) is 0 Å². The van der Waals surface area contributed by atoms with Gasteiger partial charge in [0.2, 0.25) is 0 Å². The molecule has 0 atom stereocenters. The summed E-state index contributed by atoms with van der Waals surface area (Å²) in [5.74, 6) is 9.63.